The number of amides is 2. The number of hydrogen-bond acceptors (Lipinski definition) is 8. The average Bonchev–Trinajstić information content (AvgIpc) is 2.58. The van der Waals surface area contributed by atoms with E-state index in [2.05, 4.69) is 15.3 Å². The highest BCUT2D eigenvalue weighted by atomic mass is 35.5. The third-order valence-corrected chi connectivity index (χ3v) is 4.03. The van der Waals surface area contributed by atoms with Crippen molar-refractivity contribution in [3.8, 4) is 5.75 Å². The summed E-state index contributed by atoms with van der Waals surface area (Å²) in [6.45, 7) is 3.33. The maximum Gasteiger partial charge on any atom is 0.411 e. The molecular formula is C16H17ClN4O6S. The van der Waals surface area contributed by atoms with Gasteiger partial charge in [0.25, 0.3) is 0 Å². The minimum absolute atomic E-state index is 0.0575. The first-order chi connectivity index (χ1) is 13.2. The molecule has 1 aromatic carbocycles. The van der Waals surface area contributed by atoms with Gasteiger partial charge in [0.2, 0.25) is 5.95 Å². The maximum absolute atomic E-state index is 12.1. The summed E-state index contributed by atoms with van der Waals surface area (Å²) < 4.78 is 35.5. The van der Waals surface area contributed by atoms with Gasteiger partial charge in [0, 0.05) is 11.4 Å². The molecule has 28 heavy (non-hydrogen) atoms. The van der Waals surface area contributed by atoms with Crippen molar-refractivity contribution in [2.45, 2.75) is 13.8 Å². The molecule has 12 heteroatoms. The number of carbonyl (C=O) groups is 2. The zero-order valence-electron chi connectivity index (χ0n) is 14.9. The summed E-state index contributed by atoms with van der Waals surface area (Å²) >= 11 is 5.45. The number of nitrogens with one attached hydrogen (secondary N) is 2. The Morgan fingerprint density at radius 1 is 1.14 bits per heavy atom. The van der Waals surface area contributed by atoms with E-state index in [0.717, 1.165) is 0 Å². The van der Waals surface area contributed by atoms with Crippen molar-refractivity contribution in [1.29, 1.82) is 0 Å². The molecule has 0 saturated carbocycles. The van der Waals surface area contributed by atoms with Crippen molar-refractivity contribution in [2.24, 2.45) is 0 Å². The number of alkyl halides is 1. The number of halogens is 1. The molecule has 2 aromatic rings. The van der Waals surface area contributed by atoms with E-state index in [1.165, 1.54) is 24.3 Å². The second-order valence-electron chi connectivity index (χ2n) is 5.39. The van der Waals surface area contributed by atoms with Gasteiger partial charge < -0.3 is 8.92 Å². The molecule has 0 aliphatic carbocycles. The van der Waals surface area contributed by atoms with Crippen molar-refractivity contribution in [3.05, 3.63) is 47.3 Å². The lowest BCUT2D eigenvalue weighted by Gasteiger charge is -2.12. The van der Waals surface area contributed by atoms with E-state index in [4.69, 9.17) is 20.5 Å². The van der Waals surface area contributed by atoms with Crippen molar-refractivity contribution in [1.82, 2.24) is 14.7 Å². The summed E-state index contributed by atoms with van der Waals surface area (Å²) in [7, 11) is -4.60. The van der Waals surface area contributed by atoms with Crippen LogP contribution in [0, 0.1) is 13.8 Å². The number of benzene rings is 1. The molecular weight excluding hydrogens is 412 g/mol. The van der Waals surface area contributed by atoms with E-state index in [1.807, 2.05) is 0 Å². The van der Waals surface area contributed by atoms with Crippen LogP contribution in [0.2, 0.25) is 0 Å². The van der Waals surface area contributed by atoms with Gasteiger partial charge in [-0.25, -0.2) is 24.3 Å². The number of nitrogens with zero attached hydrogens (tertiary/aromatic N) is 2. The number of anilines is 1. The second-order valence-corrected chi connectivity index (χ2v) is 7.05. The Morgan fingerprint density at radius 3 is 2.43 bits per heavy atom. The highest BCUT2D eigenvalue weighted by Gasteiger charge is 2.22. The standard InChI is InChI=1S/C16H17ClN4O6S/c1-10-9-11(2)19-15(18-10)20-16(23)21-28(24,25)27-13-6-4-3-5-12(13)14(22)26-8-7-17/h3-6,9H,7-8H2,1-2H3,(H2,18,19,20,21,23). The van der Waals surface area contributed by atoms with Crippen LogP contribution in [0.4, 0.5) is 10.7 Å². The van der Waals surface area contributed by atoms with Crippen molar-refractivity contribution in [2.75, 3.05) is 17.8 Å². The smallest absolute Gasteiger partial charge is 0.411 e. The number of urea groups is 1. The van der Waals surface area contributed by atoms with Crippen LogP contribution < -0.4 is 14.2 Å². The highest BCUT2D eigenvalue weighted by Crippen LogP contribution is 2.20. The Labute approximate surface area is 166 Å². The number of aryl methyl sites for hydroxylation is 2. The van der Waals surface area contributed by atoms with Crippen molar-refractivity contribution >= 4 is 39.9 Å². The summed E-state index contributed by atoms with van der Waals surface area (Å²) in [4.78, 5) is 31.8. The van der Waals surface area contributed by atoms with Gasteiger partial charge in [-0.1, -0.05) is 12.1 Å². The van der Waals surface area contributed by atoms with Crippen LogP contribution in [0.25, 0.3) is 0 Å². The lowest BCUT2D eigenvalue weighted by molar-refractivity contribution is 0.0527. The number of para-hydroxylation sites is 1. The van der Waals surface area contributed by atoms with E-state index >= 15 is 0 Å². The predicted molar refractivity (Wildman–Crippen MR) is 101 cm³/mol. The molecule has 0 saturated heterocycles. The zero-order chi connectivity index (χ0) is 20.7. The van der Waals surface area contributed by atoms with E-state index in [9.17, 15) is 18.0 Å². The van der Waals surface area contributed by atoms with Crippen LogP contribution in [-0.4, -0.2) is 42.9 Å². The van der Waals surface area contributed by atoms with Gasteiger partial charge in [-0.3, -0.25) is 5.32 Å². The first kappa shape index (κ1) is 21.4. The Hall–Kier alpha value is -2.92. The lowest BCUT2D eigenvalue weighted by atomic mass is 10.2. The molecule has 0 bridgehead atoms. The van der Waals surface area contributed by atoms with Gasteiger partial charge in [-0.15, -0.1) is 11.6 Å². The number of carbonyl (C=O) groups excluding carboxylic acids is 2. The molecule has 0 radical (unpaired) electrons. The molecule has 0 fully saturated rings. The average molecular weight is 429 g/mol. The molecule has 1 heterocycles. The Balaban J connectivity index is 2.09. The van der Waals surface area contributed by atoms with E-state index in [-0.39, 0.29) is 29.7 Å². The Bertz CT molecular complexity index is 963. The molecule has 150 valence electrons. The largest absolute Gasteiger partial charge is 0.461 e. The van der Waals surface area contributed by atoms with E-state index in [1.54, 1.807) is 24.6 Å². The predicted octanol–water partition coefficient (Wildman–Crippen LogP) is 1.93. The molecule has 0 spiro atoms. The molecule has 0 aliphatic rings. The molecule has 0 unspecified atom stereocenters. The van der Waals surface area contributed by atoms with Crippen LogP contribution in [-0.2, 0) is 15.0 Å². The summed E-state index contributed by atoms with van der Waals surface area (Å²) in [5.74, 6) is -1.13. The normalized spacial score (nSPS) is 10.8. The summed E-state index contributed by atoms with van der Waals surface area (Å²) in [5.41, 5.74) is 1.04. The van der Waals surface area contributed by atoms with Gasteiger partial charge >= 0.3 is 22.3 Å². The summed E-state index contributed by atoms with van der Waals surface area (Å²) in [6, 6.07) is 6.04. The third kappa shape index (κ3) is 6.35. The minimum Gasteiger partial charge on any atom is -0.461 e. The highest BCUT2D eigenvalue weighted by molar-refractivity contribution is 7.85. The second kappa shape index (κ2) is 9.33. The maximum atomic E-state index is 12.1. The monoisotopic (exact) mass is 428 g/mol. The number of aromatic nitrogens is 2. The van der Waals surface area contributed by atoms with Crippen LogP contribution in [0.1, 0.15) is 21.7 Å². The van der Waals surface area contributed by atoms with Crippen molar-refractivity contribution < 1.29 is 26.9 Å². The van der Waals surface area contributed by atoms with E-state index < -0.39 is 22.3 Å². The number of esters is 1. The number of ether oxygens (including phenoxy) is 1. The molecule has 0 aliphatic heterocycles. The minimum atomic E-state index is -4.60. The van der Waals surface area contributed by atoms with Gasteiger partial charge in [-0.05, 0) is 32.0 Å². The van der Waals surface area contributed by atoms with Gasteiger partial charge in [0.1, 0.15) is 12.2 Å². The number of hydrogen-bond donors (Lipinski definition) is 2. The third-order valence-electron chi connectivity index (χ3n) is 3.04. The summed E-state index contributed by atoms with van der Waals surface area (Å²) in [5, 5.41) is 2.19. The van der Waals surface area contributed by atoms with Crippen molar-refractivity contribution in [3.63, 3.8) is 0 Å². The van der Waals surface area contributed by atoms with Crippen LogP contribution in [0.3, 0.4) is 0 Å². The molecule has 2 rings (SSSR count). The van der Waals surface area contributed by atoms with Gasteiger partial charge in [-0.2, -0.15) is 8.42 Å². The first-order valence-corrected chi connectivity index (χ1v) is 9.82. The molecule has 0 atom stereocenters. The van der Waals surface area contributed by atoms with Gasteiger partial charge in [0.05, 0.1) is 5.88 Å². The molecule has 2 N–H and O–H groups in total. The molecule has 1 aromatic heterocycles. The van der Waals surface area contributed by atoms with Gasteiger partial charge in [0.15, 0.2) is 5.75 Å². The van der Waals surface area contributed by atoms with Crippen LogP contribution >= 0.6 is 11.6 Å². The first-order valence-electron chi connectivity index (χ1n) is 7.88. The molecule has 10 nitrogen and oxygen atoms in total. The number of rotatable bonds is 7. The quantitative estimate of drug-likeness (QED) is 0.504. The Kier molecular flexibility index (Phi) is 7.12. The fourth-order valence-corrected chi connectivity index (χ4v) is 2.86. The Morgan fingerprint density at radius 2 is 1.79 bits per heavy atom. The van der Waals surface area contributed by atoms with E-state index in [0.29, 0.717) is 11.4 Å². The fourth-order valence-electron chi connectivity index (χ4n) is 2.08. The zero-order valence-corrected chi connectivity index (χ0v) is 16.5. The van der Waals surface area contributed by atoms with Crippen LogP contribution in [0.15, 0.2) is 30.3 Å². The SMILES string of the molecule is Cc1cc(C)nc(NC(=O)NS(=O)(=O)Oc2ccccc2C(=O)OCCCl)n1. The fraction of sp³-hybridized carbons (Fsp3) is 0.250. The summed E-state index contributed by atoms with van der Waals surface area (Å²) in [6.07, 6.45) is 0. The lowest BCUT2D eigenvalue weighted by Crippen LogP contribution is -2.37. The topological polar surface area (TPSA) is 137 Å². The van der Waals surface area contributed by atoms with Crippen LogP contribution in [0.5, 0.6) is 5.75 Å². The molecule has 2 amide bonds.